The van der Waals surface area contributed by atoms with Crippen LogP contribution in [0.25, 0.3) is 27.5 Å². The van der Waals surface area contributed by atoms with E-state index in [2.05, 4.69) is 20.8 Å². The molecule has 174 valence electrons. The zero-order valence-electron chi connectivity index (χ0n) is 19.2. The Balaban J connectivity index is 1.89. The van der Waals surface area contributed by atoms with Gasteiger partial charge >= 0.3 is 5.97 Å². The molecule has 1 aliphatic rings. The highest BCUT2D eigenvalue weighted by Gasteiger charge is 2.39. The topological polar surface area (TPSA) is 104 Å². The largest absolute Gasteiger partial charge is 0.479 e. The molecule has 0 radical (unpaired) electrons. The fraction of sp³-hybridized carbons (Fsp3) is 0.346. The van der Waals surface area contributed by atoms with Gasteiger partial charge in [0.15, 0.2) is 6.10 Å². The summed E-state index contributed by atoms with van der Waals surface area (Å²) >= 11 is 0. The Morgan fingerprint density at radius 1 is 1.38 bits per heavy atom. The fourth-order valence-electron chi connectivity index (χ4n) is 5.15. The second-order valence-corrected chi connectivity index (χ2v) is 9.67. The summed E-state index contributed by atoms with van der Waals surface area (Å²) in [6, 6.07) is 11.4. The summed E-state index contributed by atoms with van der Waals surface area (Å²) in [4.78, 5) is 11.6. The van der Waals surface area contributed by atoms with Crippen molar-refractivity contribution < 1.29 is 19.0 Å². The molecule has 0 bridgehead atoms. The van der Waals surface area contributed by atoms with Crippen molar-refractivity contribution in [2.24, 2.45) is 0 Å². The molecule has 1 saturated heterocycles. The molecule has 0 amide bonds. The van der Waals surface area contributed by atoms with Crippen molar-refractivity contribution in [2.45, 2.75) is 51.0 Å². The zero-order chi connectivity index (χ0) is 24.2. The number of nitrogens with one attached hydrogen (secondary N) is 1. The molecule has 7 nitrogen and oxygen atoms in total. The lowest BCUT2D eigenvalue weighted by Crippen LogP contribution is -2.24. The molecule has 2 N–H and O–H groups in total. The number of rotatable bonds is 5. The number of ether oxygens (including phenoxy) is 1. The van der Waals surface area contributed by atoms with Crippen LogP contribution in [0.4, 0.5) is 4.39 Å². The van der Waals surface area contributed by atoms with Gasteiger partial charge in [0.2, 0.25) is 0 Å². The summed E-state index contributed by atoms with van der Waals surface area (Å²) in [6.45, 7) is 6.02. The third kappa shape index (κ3) is 3.44. The van der Waals surface area contributed by atoms with Gasteiger partial charge in [0.25, 0.3) is 0 Å². The lowest BCUT2D eigenvalue weighted by Gasteiger charge is -2.28. The van der Waals surface area contributed by atoms with E-state index < -0.39 is 17.5 Å². The van der Waals surface area contributed by atoms with E-state index in [1.165, 1.54) is 6.07 Å². The summed E-state index contributed by atoms with van der Waals surface area (Å²) in [5, 5.41) is 28.2. The smallest absolute Gasteiger partial charge is 0.332 e. The third-order valence-electron chi connectivity index (χ3n) is 6.81. The van der Waals surface area contributed by atoms with Crippen LogP contribution >= 0.6 is 0 Å². The minimum atomic E-state index is -0.978. The first kappa shape index (κ1) is 22.1. The van der Waals surface area contributed by atoms with Crippen molar-refractivity contribution in [1.82, 2.24) is 14.8 Å². The molecule has 2 atom stereocenters. The van der Waals surface area contributed by atoms with Gasteiger partial charge in [0.05, 0.1) is 29.9 Å². The standard InChI is InChI=1S/C26H25FN4O3/c1-14-8-17(4-5-19(14)27)31-21-9-15-12-29-30-20(15)11-18(21)23(24(31)26(2,3)6-7-28)16-10-22(25(32)33)34-13-16/h4-5,8-9,11-12,16,22H,6,10,13H2,1-3H3,(H,29,30)(H,32,33)/t16-,22+/m1/s1. The van der Waals surface area contributed by atoms with Crippen LogP contribution in [-0.2, 0) is 14.9 Å². The number of carboxylic acid groups (broad SMARTS) is 1. The molecule has 0 aliphatic carbocycles. The van der Waals surface area contributed by atoms with Crippen molar-refractivity contribution in [3.8, 4) is 11.8 Å². The van der Waals surface area contributed by atoms with Gasteiger partial charge in [-0.05, 0) is 54.8 Å². The Labute approximate surface area is 195 Å². The maximum Gasteiger partial charge on any atom is 0.332 e. The van der Waals surface area contributed by atoms with Gasteiger partial charge in [-0.3, -0.25) is 5.10 Å². The molecule has 2 aromatic carbocycles. The summed E-state index contributed by atoms with van der Waals surface area (Å²) in [5.41, 5.74) is 4.37. The summed E-state index contributed by atoms with van der Waals surface area (Å²) in [6.07, 6.45) is 1.47. The van der Waals surface area contributed by atoms with E-state index in [0.29, 0.717) is 12.0 Å². The number of aryl methyl sites for hydroxylation is 1. The van der Waals surface area contributed by atoms with Gasteiger partial charge in [-0.2, -0.15) is 10.4 Å². The van der Waals surface area contributed by atoms with Crippen LogP contribution in [0, 0.1) is 24.1 Å². The number of halogens is 1. The number of hydrogen-bond donors (Lipinski definition) is 2. The number of aliphatic carboxylic acids is 1. The maximum absolute atomic E-state index is 14.2. The molecular weight excluding hydrogens is 435 g/mol. The predicted octanol–water partition coefficient (Wildman–Crippen LogP) is 5.10. The van der Waals surface area contributed by atoms with Gasteiger partial charge < -0.3 is 14.4 Å². The lowest BCUT2D eigenvalue weighted by atomic mass is 9.79. The van der Waals surface area contributed by atoms with Crippen molar-refractivity contribution in [1.29, 1.82) is 5.26 Å². The van der Waals surface area contributed by atoms with Crippen LogP contribution < -0.4 is 0 Å². The number of carboxylic acids is 1. The summed E-state index contributed by atoms with van der Waals surface area (Å²) in [5.74, 6) is -1.43. The molecule has 5 rings (SSSR count). The Bertz CT molecular complexity index is 1480. The number of carbonyl (C=O) groups is 1. The number of nitrogens with zero attached hydrogens (tertiary/aromatic N) is 3. The molecule has 0 unspecified atom stereocenters. The molecule has 3 heterocycles. The molecule has 1 fully saturated rings. The van der Waals surface area contributed by atoms with Gasteiger partial charge in [-0.15, -0.1) is 0 Å². The quantitative estimate of drug-likeness (QED) is 0.431. The van der Waals surface area contributed by atoms with Crippen LogP contribution in [0.5, 0.6) is 0 Å². The number of fused-ring (bicyclic) bond motifs is 2. The van der Waals surface area contributed by atoms with Gasteiger partial charge in [0, 0.05) is 39.9 Å². The maximum atomic E-state index is 14.2. The molecule has 0 saturated carbocycles. The van der Waals surface area contributed by atoms with Crippen LogP contribution in [0.1, 0.15) is 49.4 Å². The van der Waals surface area contributed by atoms with E-state index in [1.54, 1.807) is 25.3 Å². The first-order valence-electron chi connectivity index (χ1n) is 11.2. The van der Waals surface area contributed by atoms with Crippen molar-refractivity contribution in [3.05, 3.63) is 59.2 Å². The molecule has 4 aromatic rings. The first-order valence-corrected chi connectivity index (χ1v) is 11.2. The van der Waals surface area contributed by atoms with E-state index in [9.17, 15) is 19.6 Å². The second kappa shape index (κ2) is 7.96. The van der Waals surface area contributed by atoms with E-state index in [4.69, 9.17) is 4.74 Å². The number of hydrogen-bond acceptors (Lipinski definition) is 4. The minimum Gasteiger partial charge on any atom is -0.479 e. The number of benzene rings is 2. The van der Waals surface area contributed by atoms with Gasteiger partial charge in [0.1, 0.15) is 5.82 Å². The fourth-order valence-corrected chi connectivity index (χ4v) is 5.15. The van der Waals surface area contributed by atoms with Crippen LogP contribution in [0.15, 0.2) is 36.5 Å². The Morgan fingerprint density at radius 2 is 2.18 bits per heavy atom. The van der Waals surface area contributed by atoms with Crippen molar-refractivity contribution >= 4 is 27.8 Å². The van der Waals surface area contributed by atoms with Gasteiger partial charge in [-0.25, -0.2) is 9.18 Å². The van der Waals surface area contributed by atoms with E-state index >= 15 is 0 Å². The van der Waals surface area contributed by atoms with E-state index in [0.717, 1.165) is 38.8 Å². The minimum absolute atomic E-state index is 0.167. The third-order valence-corrected chi connectivity index (χ3v) is 6.81. The number of aromatic amines is 1. The number of aromatic nitrogens is 3. The molecule has 34 heavy (non-hydrogen) atoms. The lowest BCUT2D eigenvalue weighted by molar-refractivity contribution is -0.147. The highest BCUT2D eigenvalue weighted by Crippen LogP contribution is 2.46. The normalized spacial score (nSPS) is 18.6. The molecule has 0 spiro atoms. The highest BCUT2D eigenvalue weighted by molar-refractivity contribution is 5.99. The highest BCUT2D eigenvalue weighted by atomic mass is 19.1. The van der Waals surface area contributed by atoms with Crippen LogP contribution in [0.3, 0.4) is 0 Å². The first-order chi connectivity index (χ1) is 16.2. The van der Waals surface area contributed by atoms with Gasteiger partial charge in [-0.1, -0.05) is 13.8 Å². The Kier molecular flexibility index (Phi) is 5.18. The van der Waals surface area contributed by atoms with Crippen LogP contribution in [0.2, 0.25) is 0 Å². The molecular formula is C26H25FN4O3. The summed E-state index contributed by atoms with van der Waals surface area (Å²) < 4.78 is 21.9. The Morgan fingerprint density at radius 3 is 2.85 bits per heavy atom. The average Bonchev–Trinajstić information content (AvgIpc) is 3.50. The number of nitriles is 1. The monoisotopic (exact) mass is 460 g/mol. The van der Waals surface area contributed by atoms with Crippen molar-refractivity contribution in [2.75, 3.05) is 6.61 Å². The SMILES string of the molecule is Cc1cc(-n2c(C(C)(C)CC#N)c([C@H]3CO[C@H](C(=O)O)C3)c3cc4[nH]ncc4cc32)ccc1F. The van der Waals surface area contributed by atoms with Crippen molar-refractivity contribution in [3.63, 3.8) is 0 Å². The zero-order valence-corrected chi connectivity index (χ0v) is 19.2. The molecule has 2 aromatic heterocycles. The van der Waals surface area contributed by atoms with E-state index in [1.807, 2.05) is 26.0 Å². The second-order valence-electron chi connectivity index (χ2n) is 9.67. The average molecular weight is 461 g/mol. The predicted molar refractivity (Wildman–Crippen MR) is 126 cm³/mol. The molecule has 1 aliphatic heterocycles. The van der Waals surface area contributed by atoms with E-state index in [-0.39, 0.29) is 24.8 Å². The Hall–Kier alpha value is -3.70. The number of H-pyrrole nitrogens is 1. The molecule has 8 heteroatoms. The summed E-state index contributed by atoms with van der Waals surface area (Å²) in [7, 11) is 0. The van der Waals surface area contributed by atoms with Crippen LogP contribution in [-0.4, -0.2) is 38.6 Å².